The topological polar surface area (TPSA) is 37.4 Å². The second-order valence-electron chi connectivity index (χ2n) is 4.35. The zero-order valence-corrected chi connectivity index (χ0v) is 8.57. The van der Waals surface area contributed by atoms with Gasteiger partial charge >= 0.3 is 0 Å². The van der Waals surface area contributed by atoms with E-state index in [0.29, 0.717) is 12.8 Å². The molecule has 2 aliphatic rings. The summed E-state index contributed by atoms with van der Waals surface area (Å²) in [5, 5.41) is 0. The minimum absolute atomic E-state index is 0.0137. The number of rotatable bonds is 1. The summed E-state index contributed by atoms with van der Waals surface area (Å²) in [5.74, 6) is -0.760. The lowest BCUT2D eigenvalue weighted by atomic mass is 10.1. The van der Waals surface area contributed by atoms with E-state index in [1.807, 2.05) is 0 Å². The van der Waals surface area contributed by atoms with Crippen molar-refractivity contribution in [2.24, 2.45) is 5.41 Å². The molecule has 1 heterocycles. The summed E-state index contributed by atoms with van der Waals surface area (Å²) in [5.41, 5.74) is -0.577. The number of nitrogens with zero attached hydrogens (tertiary/aromatic N) is 1. The van der Waals surface area contributed by atoms with Gasteiger partial charge in [-0.25, -0.2) is 4.39 Å². The number of benzene rings is 1. The first kappa shape index (κ1) is 9.51. The fourth-order valence-corrected chi connectivity index (χ4v) is 2.23. The molecule has 0 aromatic heterocycles. The van der Waals surface area contributed by atoms with E-state index in [1.54, 1.807) is 12.1 Å². The largest absolute Gasteiger partial charge is 0.301 e. The number of hydrogen-bond acceptors (Lipinski definition) is 2. The molecule has 1 saturated carbocycles. The lowest BCUT2D eigenvalue weighted by molar-refractivity contribution is -0.128. The third kappa shape index (κ3) is 1.07. The fourth-order valence-electron chi connectivity index (χ4n) is 2.23. The highest BCUT2D eigenvalue weighted by Crippen LogP contribution is 2.52. The molecule has 1 spiro atoms. The van der Waals surface area contributed by atoms with Gasteiger partial charge in [-0.2, -0.15) is 0 Å². The number of carbonyl (C=O) groups excluding carboxylic acids is 2. The van der Waals surface area contributed by atoms with Gasteiger partial charge in [-0.15, -0.1) is 0 Å². The molecule has 3 rings (SSSR count). The summed E-state index contributed by atoms with van der Waals surface area (Å²) >= 11 is 0. The van der Waals surface area contributed by atoms with E-state index in [9.17, 15) is 14.0 Å². The van der Waals surface area contributed by atoms with Crippen LogP contribution in [0.15, 0.2) is 24.3 Å². The van der Waals surface area contributed by atoms with Crippen molar-refractivity contribution in [2.75, 3.05) is 11.4 Å². The van der Waals surface area contributed by atoms with Crippen LogP contribution in [0, 0.1) is 11.2 Å². The van der Waals surface area contributed by atoms with Crippen LogP contribution in [-0.4, -0.2) is 18.2 Å². The lowest BCUT2D eigenvalue weighted by Gasteiger charge is -2.15. The van der Waals surface area contributed by atoms with Crippen molar-refractivity contribution >= 4 is 17.4 Å². The maximum Gasteiger partial charge on any atom is 0.241 e. The smallest absolute Gasteiger partial charge is 0.241 e. The lowest BCUT2D eigenvalue weighted by Crippen LogP contribution is -2.28. The Hall–Kier alpha value is -1.71. The zero-order valence-electron chi connectivity index (χ0n) is 8.57. The van der Waals surface area contributed by atoms with Crippen LogP contribution >= 0.6 is 0 Å². The van der Waals surface area contributed by atoms with E-state index >= 15 is 0 Å². The Balaban J connectivity index is 2.02. The number of hydrogen-bond donors (Lipinski definition) is 0. The number of amides is 1. The van der Waals surface area contributed by atoms with Crippen LogP contribution in [0.3, 0.4) is 0 Å². The molecule has 4 heteroatoms. The van der Waals surface area contributed by atoms with Crippen LogP contribution in [0.25, 0.3) is 0 Å². The van der Waals surface area contributed by atoms with Crippen LogP contribution in [0.4, 0.5) is 10.1 Å². The maximum absolute atomic E-state index is 13.5. The SMILES string of the molecule is O=C1CN(c2ccccc2F)C(=O)C12CC2. The second-order valence-corrected chi connectivity index (χ2v) is 4.35. The third-order valence-corrected chi connectivity index (χ3v) is 3.38. The van der Waals surface area contributed by atoms with E-state index in [0.717, 1.165) is 0 Å². The molecule has 1 aliphatic carbocycles. The minimum atomic E-state index is -0.789. The Morgan fingerprint density at radius 1 is 1.19 bits per heavy atom. The fraction of sp³-hybridized carbons (Fsp3) is 0.333. The van der Waals surface area contributed by atoms with Crippen LogP contribution < -0.4 is 4.90 Å². The number of halogens is 1. The van der Waals surface area contributed by atoms with Crippen LogP contribution in [0.2, 0.25) is 0 Å². The summed E-state index contributed by atoms with van der Waals surface area (Å²) in [6.45, 7) is 0.0137. The van der Waals surface area contributed by atoms with Crippen LogP contribution in [0.1, 0.15) is 12.8 Å². The van der Waals surface area contributed by atoms with Crippen molar-refractivity contribution in [3.8, 4) is 0 Å². The predicted molar refractivity (Wildman–Crippen MR) is 55.4 cm³/mol. The van der Waals surface area contributed by atoms with Gasteiger partial charge in [0.05, 0.1) is 12.2 Å². The third-order valence-electron chi connectivity index (χ3n) is 3.38. The summed E-state index contributed by atoms with van der Waals surface area (Å²) < 4.78 is 13.5. The molecule has 1 saturated heterocycles. The molecule has 0 atom stereocenters. The van der Waals surface area contributed by atoms with Gasteiger partial charge in [0.25, 0.3) is 0 Å². The first-order chi connectivity index (χ1) is 7.65. The van der Waals surface area contributed by atoms with E-state index < -0.39 is 11.2 Å². The van der Waals surface area contributed by atoms with Gasteiger partial charge in [-0.3, -0.25) is 9.59 Å². The number of para-hydroxylation sites is 1. The highest BCUT2D eigenvalue weighted by atomic mass is 19.1. The molecule has 0 unspecified atom stereocenters. The number of Topliss-reactive ketones (excluding diaryl/α,β-unsaturated/α-hetero) is 1. The molecule has 1 amide bonds. The van der Waals surface area contributed by atoms with Crippen LogP contribution in [-0.2, 0) is 9.59 Å². The first-order valence-electron chi connectivity index (χ1n) is 5.25. The molecule has 16 heavy (non-hydrogen) atoms. The number of ketones is 1. The highest BCUT2D eigenvalue weighted by Gasteiger charge is 2.62. The summed E-state index contributed by atoms with van der Waals surface area (Å²) in [4.78, 5) is 24.9. The molecule has 1 aliphatic heterocycles. The second kappa shape index (κ2) is 2.90. The quantitative estimate of drug-likeness (QED) is 0.671. The van der Waals surface area contributed by atoms with Crippen molar-refractivity contribution < 1.29 is 14.0 Å². The van der Waals surface area contributed by atoms with Gasteiger partial charge < -0.3 is 4.90 Å². The van der Waals surface area contributed by atoms with Crippen molar-refractivity contribution in [1.82, 2.24) is 0 Å². The zero-order chi connectivity index (χ0) is 11.3. The van der Waals surface area contributed by atoms with Crippen molar-refractivity contribution in [1.29, 1.82) is 0 Å². The normalized spacial score (nSPS) is 21.9. The monoisotopic (exact) mass is 219 g/mol. The van der Waals surface area contributed by atoms with Gasteiger partial charge in [0.1, 0.15) is 11.2 Å². The van der Waals surface area contributed by atoms with Gasteiger partial charge in [0.15, 0.2) is 5.78 Å². The average Bonchev–Trinajstić information content (AvgIpc) is 3.03. The van der Waals surface area contributed by atoms with Gasteiger partial charge in [0, 0.05) is 0 Å². The Morgan fingerprint density at radius 2 is 1.88 bits per heavy atom. The van der Waals surface area contributed by atoms with E-state index in [-0.39, 0.29) is 23.9 Å². The Kier molecular flexibility index (Phi) is 1.73. The predicted octanol–water partition coefficient (Wildman–Crippen LogP) is 1.52. The average molecular weight is 219 g/mol. The van der Waals surface area contributed by atoms with Crippen molar-refractivity contribution in [3.63, 3.8) is 0 Å². The number of carbonyl (C=O) groups is 2. The molecule has 0 N–H and O–H groups in total. The van der Waals surface area contributed by atoms with Crippen LogP contribution in [0.5, 0.6) is 0 Å². The minimum Gasteiger partial charge on any atom is -0.301 e. The van der Waals surface area contributed by atoms with Gasteiger partial charge in [-0.1, -0.05) is 12.1 Å². The molecule has 1 aromatic carbocycles. The summed E-state index contributed by atoms with van der Waals surface area (Å²) in [6, 6.07) is 6.05. The number of anilines is 1. The Morgan fingerprint density at radius 3 is 2.44 bits per heavy atom. The first-order valence-corrected chi connectivity index (χ1v) is 5.25. The summed E-state index contributed by atoms with van der Waals surface area (Å²) in [6.07, 6.45) is 1.24. The Bertz CT molecular complexity index is 494. The standard InChI is InChI=1S/C12H10FNO2/c13-8-3-1-2-4-9(8)14-7-10(15)12(5-6-12)11(14)16/h1-4H,5-7H2. The molecule has 0 bridgehead atoms. The molecule has 0 radical (unpaired) electrons. The molecule has 3 nitrogen and oxygen atoms in total. The maximum atomic E-state index is 13.5. The van der Waals surface area contributed by atoms with E-state index in [4.69, 9.17) is 0 Å². The molecular formula is C12H10FNO2. The Labute approximate surface area is 91.9 Å². The summed E-state index contributed by atoms with van der Waals surface area (Å²) in [7, 11) is 0. The molecule has 1 aromatic rings. The van der Waals surface area contributed by atoms with E-state index in [2.05, 4.69) is 0 Å². The van der Waals surface area contributed by atoms with Crippen molar-refractivity contribution in [2.45, 2.75) is 12.8 Å². The van der Waals surface area contributed by atoms with Gasteiger partial charge in [0.2, 0.25) is 5.91 Å². The van der Waals surface area contributed by atoms with Gasteiger partial charge in [-0.05, 0) is 25.0 Å². The van der Waals surface area contributed by atoms with Crippen molar-refractivity contribution in [3.05, 3.63) is 30.1 Å². The molecule has 82 valence electrons. The molecular weight excluding hydrogens is 209 g/mol. The van der Waals surface area contributed by atoms with E-state index in [1.165, 1.54) is 17.0 Å². The highest BCUT2D eigenvalue weighted by molar-refractivity contribution is 6.23. The molecule has 2 fully saturated rings.